The number of aliphatic carboxylic acids is 1. The number of nitro groups is 1. The molecule has 0 spiro atoms. The van der Waals surface area contributed by atoms with Gasteiger partial charge in [0, 0.05) is 23.2 Å². The third-order valence-corrected chi connectivity index (χ3v) is 4.35. The maximum atomic E-state index is 11.2. The molecule has 0 unspecified atom stereocenters. The largest absolute Gasteiger partial charge is 0.481 e. The summed E-state index contributed by atoms with van der Waals surface area (Å²) in [4.78, 5) is 23.9. The molecule has 21 heavy (non-hydrogen) atoms. The summed E-state index contributed by atoms with van der Waals surface area (Å²) in [6, 6.07) is 4.64. The van der Waals surface area contributed by atoms with Gasteiger partial charge in [0.1, 0.15) is 0 Å². The van der Waals surface area contributed by atoms with Crippen LogP contribution in [0.2, 0.25) is 5.02 Å². The maximum absolute atomic E-state index is 11.2. The van der Waals surface area contributed by atoms with Gasteiger partial charge in [0.2, 0.25) is 0 Å². The van der Waals surface area contributed by atoms with Crippen LogP contribution in [0.15, 0.2) is 18.2 Å². The molecule has 0 atom stereocenters. The number of rotatable bonds is 4. The van der Waals surface area contributed by atoms with Crippen molar-refractivity contribution in [2.75, 3.05) is 13.1 Å². The van der Waals surface area contributed by atoms with Crippen molar-refractivity contribution in [2.45, 2.75) is 26.3 Å². The number of benzene rings is 1. The summed E-state index contributed by atoms with van der Waals surface area (Å²) in [5.41, 5.74) is -0.0833. The molecule has 1 fully saturated rings. The molecule has 0 bridgehead atoms. The summed E-state index contributed by atoms with van der Waals surface area (Å²) in [6.45, 7) is 3.41. The highest BCUT2D eigenvalue weighted by Gasteiger charge is 2.37. The van der Waals surface area contributed by atoms with Gasteiger partial charge in [0.05, 0.1) is 10.3 Å². The minimum atomic E-state index is -0.778. The second-order valence-electron chi connectivity index (χ2n) is 5.67. The van der Waals surface area contributed by atoms with Crippen molar-refractivity contribution in [3.05, 3.63) is 38.9 Å². The van der Waals surface area contributed by atoms with Crippen LogP contribution in [0.4, 0.5) is 5.69 Å². The van der Waals surface area contributed by atoms with E-state index in [-0.39, 0.29) is 5.69 Å². The van der Waals surface area contributed by atoms with Gasteiger partial charge in [-0.05, 0) is 45.0 Å². The quantitative estimate of drug-likeness (QED) is 0.682. The normalized spacial score (nSPS) is 18.4. The lowest BCUT2D eigenvalue weighted by molar-refractivity contribution is -0.385. The van der Waals surface area contributed by atoms with Crippen LogP contribution in [0.3, 0.4) is 0 Å². The molecule has 0 amide bonds. The monoisotopic (exact) mass is 312 g/mol. The SMILES string of the molecule is CC1(C(=O)O)CCN(Cc2ccc(Cl)cc2[N+](=O)[O-])CC1. The highest BCUT2D eigenvalue weighted by Crippen LogP contribution is 2.32. The van der Waals surface area contributed by atoms with Gasteiger partial charge in [0.15, 0.2) is 0 Å². The molecule has 7 heteroatoms. The van der Waals surface area contributed by atoms with Gasteiger partial charge in [-0.15, -0.1) is 0 Å². The molecule has 1 aromatic rings. The van der Waals surface area contributed by atoms with Crippen LogP contribution < -0.4 is 0 Å². The Kier molecular flexibility index (Phi) is 4.49. The number of nitrogens with zero attached hydrogens (tertiary/aromatic N) is 2. The summed E-state index contributed by atoms with van der Waals surface area (Å²) in [5, 5.41) is 20.6. The molecule has 0 radical (unpaired) electrons. The van der Waals surface area contributed by atoms with Crippen LogP contribution in [0.5, 0.6) is 0 Å². The number of piperidine rings is 1. The first-order chi connectivity index (χ1) is 9.82. The average molecular weight is 313 g/mol. The Morgan fingerprint density at radius 3 is 2.62 bits per heavy atom. The Morgan fingerprint density at radius 1 is 1.48 bits per heavy atom. The average Bonchev–Trinajstić information content (AvgIpc) is 2.43. The van der Waals surface area contributed by atoms with Gasteiger partial charge < -0.3 is 5.11 Å². The topological polar surface area (TPSA) is 83.7 Å². The molecule has 1 aliphatic heterocycles. The molecule has 6 nitrogen and oxygen atoms in total. The molecule has 1 aromatic carbocycles. The van der Waals surface area contributed by atoms with Gasteiger partial charge >= 0.3 is 5.97 Å². The number of carboxylic acid groups (broad SMARTS) is 1. The first-order valence-electron chi connectivity index (χ1n) is 6.70. The minimum Gasteiger partial charge on any atom is -0.481 e. The van der Waals surface area contributed by atoms with Crippen molar-refractivity contribution in [2.24, 2.45) is 5.41 Å². The second-order valence-corrected chi connectivity index (χ2v) is 6.11. The Balaban J connectivity index is 2.08. The molecule has 114 valence electrons. The molecule has 0 aromatic heterocycles. The lowest BCUT2D eigenvalue weighted by Gasteiger charge is -2.36. The maximum Gasteiger partial charge on any atom is 0.309 e. The fourth-order valence-corrected chi connectivity index (χ4v) is 2.67. The van der Waals surface area contributed by atoms with Gasteiger partial charge in [-0.1, -0.05) is 11.6 Å². The number of halogens is 1. The van der Waals surface area contributed by atoms with Crippen LogP contribution >= 0.6 is 11.6 Å². The second kappa shape index (κ2) is 5.99. The van der Waals surface area contributed by atoms with Crippen LogP contribution in [0.25, 0.3) is 0 Å². The molecule has 2 rings (SSSR count). The van der Waals surface area contributed by atoms with Gasteiger partial charge in [-0.3, -0.25) is 19.8 Å². The summed E-state index contributed by atoms with van der Waals surface area (Å²) >= 11 is 5.79. The van der Waals surface area contributed by atoms with E-state index >= 15 is 0 Å². The van der Waals surface area contributed by atoms with Gasteiger partial charge in [-0.25, -0.2) is 0 Å². The standard InChI is InChI=1S/C14H17ClN2O4/c1-14(13(18)19)4-6-16(7-5-14)9-10-2-3-11(15)8-12(10)17(20)21/h2-3,8H,4-7,9H2,1H3,(H,18,19). The fraction of sp³-hybridized carbons (Fsp3) is 0.500. The summed E-state index contributed by atoms with van der Waals surface area (Å²) in [7, 11) is 0. The first kappa shape index (κ1) is 15.7. The van der Waals surface area contributed by atoms with Crippen LogP contribution in [0, 0.1) is 15.5 Å². The highest BCUT2D eigenvalue weighted by atomic mass is 35.5. The smallest absolute Gasteiger partial charge is 0.309 e. The Hall–Kier alpha value is -1.66. The van der Waals surface area contributed by atoms with E-state index in [4.69, 9.17) is 11.6 Å². The molecule has 1 heterocycles. The molecule has 1 aliphatic rings. The summed E-state index contributed by atoms with van der Waals surface area (Å²) in [6.07, 6.45) is 1.09. The fourth-order valence-electron chi connectivity index (χ4n) is 2.50. The zero-order chi connectivity index (χ0) is 15.6. The predicted molar refractivity (Wildman–Crippen MR) is 78.4 cm³/mol. The van der Waals surface area contributed by atoms with Crippen LogP contribution in [-0.4, -0.2) is 34.0 Å². The molecular formula is C14H17ClN2O4. The zero-order valence-corrected chi connectivity index (χ0v) is 12.5. The third kappa shape index (κ3) is 3.51. The minimum absolute atomic E-state index is 0.00840. The molecule has 1 saturated heterocycles. The number of carbonyl (C=O) groups is 1. The van der Waals surface area contributed by atoms with Crippen molar-refractivity contribution in [3.63, 3.8) is 0 Å². The van der Waals surface area contributed by atoms with E-state index in [0.29, 0.717) is 43.1 Å². The van der Waals surface area contributed by atoms with Crippen molar-refractivity contribution in [1.82, 2.24) is 4.90 Å². The van der Waals surface area contributed by atoms with E-state index in [9.17, 15) is 20.0 Å². The number of hydrogen-bond acceptors (Lipinski definition) is 4. The number of hydrogen-bond donors (Lipinski definition) is 1. The van der Waals surface area contributed by atoms with E-state index in [1.807, 2.05) is 4.90 Å². The zero-order valence-electron chi connectivity index (χ0n) is 11.7. The van der Waals surface area contributed by atoms with Crippen LogP contribution in [0.1, 0.15) is 25.3 Å². The van der Waals surface area contributed by atoms with E-state index in [1.165, 1.54) is 6.07 Å². The van der Waals surface area contributed by atoms with Crippen molar-refractivity contribution in [3.8, 4) is 0 Å². The van der Waals surface area contributed by atoms with Gasteiger partial charge in [0.25, 0.3) is 5.69 Å². The summed E-state index contributed by atoms with van der Waals surface area (Å²) in [5.74, 6) is -0.778. The lowest BCUT2D eigenvalue weighted by atomic mass is 9.80. The van der Waals surface area contributed by atoms with Crippen molar-refractivity contribution in [1.29, 1.82) is 0 Å². The molecule has 0 aliphatic carbocycles. The number of nitro benzene ring substituents is 1. The summed E-state index contributed by atoms with van der Waals surface area (Å²) < 4.78 is 0. The van der Waals surface area contributed by atoms with Gasteiger partial charge in [-0.2, -0.15) is 0 Å². The Labute approximate surface area is 127 Å². The van der Waals surface area contributed by atoms with Crippen molar-refractivity contribution < 1.29 is 14.8 Å². The lowest BCUT2D eigenvalue weighted by Crippen LogP contribution is -2.42. The highest BCUT2D eigenvalue weighted by molar-refractivity contribution is 6.30. The van der Waals surface area contributed by atoms with E-state index in [0.717, 1.165) is 0 Å². The number of carboxylic acids is 1. The molecule has 1 N–H and O–H groups in total. The van der Waals surface area contributed by atoms with Crippen LogP contribution in [-0.2, 0) is 11.3 Å². The Bertz CT molecular complexity index is 568. The predicted octanol–water partition coefficient (Wildman–Crippen LogP) is 2.93. The van der Waals surface area contributed by atoms with Crippen molar-refractivity contribution >= 4 is 23.3 Å². The third-order valence-electron chi connectivity index (χ3n) is 4.11. The van der Waals surface area contributed by atoms with E-state index in [1.54, 1.807) is 19.1 Å². The Morgan fingerprint density at radius 2 is 2.10 bits per heavy atom. The number of likely N-dealkylation sites (tertiary alicyclic amines) is 1. The van der Waals surface area contributed by atoms with E-state index in [2.05, 4.69) is 0 Å². The van der Waals surface area contributed by atoms with E-state index < -0.39 is 16.3 Å². The molecular weight excluding hydrogens is 296 g/mol. The first-order valence-corrected chi connectivity index (χ1v) is 7.08. The molecule has 0 saturated carbocycles.